The second kappa shape index (κ2) is 8.23. The number of fused-ring (bicyclic) bond motifs is 5. The maximum absolute atomic E-state index is 12.7. The van der Waals surface area contributed by atoms with Crippen LogP contribution in [-0.2, 0) is 20.7 Å². The van der Waals surface area contributed by atoms with Crippen LogP contribution >= 0.6 is 0 Å². The van der Waals surface area contributed by atoms with Gasteiger partial charge in [0.2, 0.25) is 0 Å². The second-order valence-electron chi connectivity index (χ2n) is 9.24. The van der Waals surface area contributed by atoms with E-state index in [9.17, 15) is 4.79 Å². The van der Waals surface area contributed by atoms with E-state index in [2.05, 4.69) is 16.0 Å². The van der Waals surface area contributed by atoms with E-state index >= 15 is 0 Å². The van der Waals surface area contributed by atoms with Crippen LogP contribution < -0.4 is 4.74 Å². The standard InChI is InChI=1S/C25H32N2O4/c1-29-14-19(25(28)31-3)18-12-21-24-17(23-20(26-24)5-4-6-22(23)30-2)9-10-27(21)13-16(18)11-15-7-8-15/h4-6,14-16,18,21,26H,7-13H2,1-3H3/b19-14+/t16-,18+,21?/m1/s1. The number of ether oxygens (including phenoxy) is 3. The third-order valence-electron chi connectivity index (χ3n) is 7.48. The normalized spacial score (nSPS) is 26.3. The number of rotatable bonds is 6. The first-order chi connectivity index (χ1) is 15.1. The van der Waals surface area contributed by atoms with Crippen LogP contribution in [0.25, 0.3) is 10.9 Å². The molecule has 1 aliphatic carbocycles. The second-order valence-corrected chi connectivity index (χ2v) is 9.24. The molecule has 0 amide bonds. The van der Waals surface area contributed by atoms with Crippen molar-refractivity contribution >= 4 is 16.9 Å². The van der Waals surface area contributed by atoms with Gasteiger partial charge in [0.05, 0.1) is 39.2 Å². The largest absolute Gasteiger partial charge is 0.504 e. The lowest BCUT2D eigenvalue weighted by Gasteiger charge is -2.46. The lowest BCUT2D eigenvalue weighted by atomic mass is 9.73. The zero-order valence-electron chi connectivity index (χ0n) is 18.6. The van der Waals surface area contributed by atoms with Crippen molar-refractivity contribution in [3.05, 3.63) is 41.3 Å². The van der Waals surface area contributed by atoms with Gasteiger partial charge < -0.3 is 19.2 Å². The van der Waals surface area contributed by atoms with Crippen molar-refractivity contribution in [2.24, 2.45) is 17.8 Å². The molecular formula is C25H32N2O4. The average molecular weight is 425 g/mol. The minimum absolute atomic E-state index is 0.133. The van der Waals surface area contributed by atoms with Gasteiger partial charge in [-0.3, -0.25) is 4.90 Å². The predicted octanol–water partition coefficient (Wildman–Crippen LogP) is 4.22. The Kier molecular flexibility index (Phi) is 5.42. The molecule has 0 spiro atoms. The number of carbonyl (C=O) groups excluding carboxylic acids is 1. The zero-order valence-corrected chi connectivity index (χ0v) is 18.6. The number of piperidine rings is 1. The number of nitrogens with one attached hydrogen (secondary N) is 1. The van der Waals surface area contributed by atoms with Crippen molar-refractivity contribution in [3.63, 3.8) is 0 Å². The van der Waals surface area contributed by atoms with Gasteiger partial charge in [0, 0.05) is 35.6 Å². The highest BCUT2D eigenvalue weighted by Crippen LogP contribution is 2.49. The van der Waals surface area contributed by atoms with Crippen LogP contribution in [0.15, 0.2) is 30.0 Å². The van der Waals surface area contributed by atoms with Gasteiger partial charge in [0.1, 0.15) is 5.75 Å². The number of esters is 1. The molecule has 3 atom stereocenters. The molecule has 166 valence electrons. The van der Waals surface area contributed by atoms with E-state index in [0.29, 0.717) is 11.5 Å². The molecule has 3 heterocycles. The Morgan fingerprint density at radius 1 is 1.26 bits per heavy atom. The zero-order chi connectivity index (χ0) is 21.5. The number of methoxy groups -OCH3 is 3. The SMILES string of the molecule is CO/C=C(/C(=O)OC)[C@H]1CC2c3[nH]c4cccc(OC)c4c3CCN2C[C@H]1CC1CC1. The molecule has 2 aliphatic heterocycles. The summed E-state index contributed by atoms with van der Waals surface area (Å²) in [6.45, 7) is 2.05. The fourth-order valence-electron chi connectivity index (χ4n) is 5.89. The monoisotopic (exact) mass is 424 g/mol. The maximum Gasteiger partial charge on any atom is 0.337 e. The number of hydrogen-bond acceptors (Lipinski definition) is 5. The number of aromatic amines is 1. The van der Waals surface area contributed by atoms with Crippen molar-refractivity contribution in [1.29, 1.82) is 0 Å². The Bertz CT molecular complexity index is 1010. The van der Waals surface area contributed by atoms with E-state index in [-0.39, 0.29) is 17.9 Å². The summed E-state index contributed by atoms with van der Waals surface area (Å²) in [6, 6.07) is 6.45. The van der Waals surface area contributed by atoms with Crippen LogP contribution in [0.1, 0.15) is 43.0 Å². The Hall–Kier alpha value is -2.47. The summed E-state index contributed by atoms with van der Waals surface area (Å²) in [4.78, 5) is 19.0. The summed E-state index contributed by atoms with van der Waals surface area (Å²) in [5, 5.41) is 1.21. The van der Waals surface area contributed by atoms with Gasteiger partial charge in [-0.15, -0.1) is 0 Å². The molecule has 1 aromatic carbocycles. The highest BCUT2D eigenvalue weighted by Gasteiger charge is 2.44. The molecule has 2 aromatic rings. The van der Waals surface area contributed by atoms with E-state index < -0.39 is 0 Å². The Balaban J connectivity index is 1.54. The van der Waals surface area contributed by atoms with Crippen LogP contribution in [0.5, 0.6) is 5.75 Å². The van der Waals surface area contributed by atoms with Crippen molar-refractivity contribution in [2.45, 2.75) is 38.1 Å². The van der Waals surface area contributed by atoms with Gasteiger partial charge >= 0.3 is 5.97 Å². The molecule has 1 N–H and O–H groups in total. The highest BCUT2D eigenvalue weighted by atomic mass is 16.5. The molecular weight excluding hydrogens is 392 g/mol. The summed E-state index contributed by atoms with van der Waals surface area (Å²) < 4.78 is 16.2. The van der Waals surface area contributed by atoms with Crippen LogP contribution in [0.2, 0.25) is 0 Å². The van der Waals surface area contributed by atoms with Crippen molar-refractivity contribution in [1.82, 2.24) is 9.88 Å². The molecule has 1 aromatic heterocycles. The van der Waals surface area contributed by atoms with E-state index in [1.165, 1.54) is 43.0 Å². The Labute approximate surface area is 183 Å². The maximum atomic E-state index is 12.7. The van der Waals surface area contributed by atoms with Crippen molar-refractivity contribution < 1.29 is 19.0 Å². The van der Waals surface area contributed by atoms with Crippen LogP contribution in [-0.4, -0.2) is 50.3 Å². The minimum Gasteiger partial charge on any atom is -0.504 e. The molecule has 6 nitrogen and oxygen atoms in total. The van der Waals surface area contributed by atoms with Crippen LogP contribution in [0.3, 0.4) is 0 Å². The van der Waals surface area contributed by atoms with Gasteiger partial charge in [-0.2, -0.15) is 0 Å². The van der Waals surface area contributed by atoms with E-state index in [4.69, 9.17) is 14.2 Å². The molecule has 5 rings (SSSR count). The minimum atomic E-state index is -0.268. The van der Waals surface area contributed by atoms with Crippen molar-refractivity contribution in [3.8, 4) is 5.75 Å². The Morgan fingerprint density at radius 2 is 2.10 bits per heavy atom. The summed E-state index contributed by atoms with van der Waals surface area (Å²) in [5.41, 5.74) is 4.45. The van der Waals surface area contributed by atoms with Crippen LogP contribution in [0.4, 0.5) is 0 Å². The van der Waals surface area contributed by atoms with Gasteiger partial charge in [0.15, 0.2) is 0 Å². The molecule has 1 saturated heterocycles. The molecule has 31 heavy (non-hydrogen) atoms. The number of carbonyl (C=O) groups is 1. The van der Waals surface area contributed by atoms with Crippen molar-refractivity contribution in [2.75, 3.05) is 34.4 Å². The first-order valence-electron chi connectivity index (χ1n) is 11.4. The van der Waals surface area contributed by atoms with Gasteiger partial charge in [-0.1, -0.05) is 18.9 Å². The van der Waals surface area contributed by atoms with Gasteiger partial charge in [-0.05, 0) is 48.8 Å². The highest BCUT2D eigenvalue weighted by molar-refractivity contribution is 5.91. The first kappa shape index (κ1) is 20.4. The lowest BCUT2D eigenvalue weighted by molar-refractivity contribution is -0.137. The van der Waals surface area contributed by atoms with E-state index in [1.807, 2.05) is 12.1 Å². The summed E-state index contributed by atoms with van der Waals surface area (Å²) in [7, 11) is 4.80. The fraction of sp³-hybridized carbons (Fsp3) is 0.560. The molecule has 0 bridgehead atoms. The van der Waals surface area contributed by atoms with Gasteiger partial charge in [-0.25, -0.2) is 4.79 Å². The fourth-order valence-corrected chi connectivity index (χ4v) is 5.89. The molecule has 1 unspecified atom stereocenters. The first-order valence-corrected chi connectivity index (χ1v) is 11.4. The van der Waals surface area contributed by atoms with Gasteiger partial charge in [0.25, 0.3) is 0 Å². The molecule has 1 saturated carbocycles. The number of H-pyrrole nitrogens is 1. The third-order valence-corrected chi connectivity index (χ3v) is 7.48. The summed E-state index contributed by atoms with van der Waals surface area (Å²) >= 11 is 0. The van der Waals surface area contributed by atoms with E-state index in [0.717, 1.165) is 43.1 Å². The molecule has 2 fully saturated rings. The average Bonchev–Trinajstić information content (AvgIpc) is 3.52. The van der Waals surface area contributed by atoms with E-state index in [1.54, 1.807) is 20.5 Å². The topological polar surface area (TPSA) is 63.8 Å². The third kappa shape index (κ3) is 3.61. The molecule has 6 heteroatoms. The van der Waals surface area contributed by atoms with Crippen LogP contribution in [0, 0.1) is 17.8 Å². The number of nitrogens with zero attached hydrogens (tertiary/aromatic N) is 1. The smallest absolute Gasteiger partial charge is 0.337 e. The predicted molar refractivity (Wildman–Crippen MR) is 119 cm³/mol. The summed E-state index contributed by atoms with van der Waals surface area (Å²) in [5.74, 6) is 2.05. The number of benzene rings is 1. The Morgan fingerprint density at radius 3 is 2.81 bits per heavy atom. The summed E-state index contributed by atoms with van der Waals surface area (Å²) in [6.07, 6.45) is 7.35. The lowest BCUT2D eigenvalue weighted by Crippen LogP contribution is -2.47. The molecule has 0 radical (unpaired) electrons. The number of hydrogen-bond donors (Lipinski definition) is 1. The number of aromatic nitrogens is 1. The quantitative estimate of drug-likeness (QED) is 0.427. The molecule has 3 aliphatic rings.